The van der Waals surface area contributed by atoms with Gasteiger partial charge in [0.15, 0.2) is 6.10 Å². The molecule has 4 rings (SSSR count). The van der Waals surface area contributed by atoms with E-state index in [4.69, 9.17) is 4.74 Å². The minimum atomic E-state index is -3.60. The van der Waals surface area contributed by atoms with Crippen LogP contribution in [0.1, 0.15) is 44.4 Å². The Morgan fingerprint density at radius 2 is 1.49 bits per heavy atom. The van der Waals surface area contributed by atoms with E-state index in [1.807, 2.05) is 0 Å². The lowest BCUT2D eigenvalue weighted by Gasteiger charge is -2.27. The van der Waals surface area contributed by atoms with Gasteiger partial charge in [0.05, 0.1) is 16.2 Å². The number of nitro groups is 1. The van der Waals surface area contributed by atoms with Crippen LogP contribution in [0.4, 0.5) is 5.69 Å². The molecule has 190 valence electrons. The number of amides is 2. The van der Waals surface area contributed by atoms with E-state index in [-0.39, 0.29) is 5.56 Å². The standard InChI is InChI=1S/C26H22N2O8S/c1-37(34,35)16-15-21(27-24(29)19-13-8-14-20(28(32)33)22(19)25(27)30)26(31)36-23(17-9-4-2-5-10-17)18-11-6-3-7-12-18/h2-14,21,23H,15-16H2,1H3/t21-/m0/s1. The maximum absolute atomic E-state index is 13.6. The predicted octanol–water partition coefficient (Wildman–Crippen LogP) is 3.33. The third-order valence-electron chi connectivity index (χ3n) is 5.91. The van der Waals surface area contributed by atoms with Crippen molar-refractivity contribution in [3.63, 3.8) is 0 Å². The van der Waals surface area contributed by atoms with Crippen LogP contribution in [0.5, 0.6) is 0 Å². The lowest BCUT2D eigenvalue weighted by Crippen LogP contribution is -2.47. The third-order valence-corrected chi connectivity index (χ3v) is 6.88. The Labute approximate surface area is 212 Å². The van der Waals surface area contributed by atoms with Crippen LogP contribution < -0.4 is 0 Å². The lowest BCUT2D eigenvalue weighted by atomic mass is 10.0. The Hall–Kier alpha value is -4.38. The number of fused-ring (bicyclic) bond motifs is 1. The lowest BCUT2D eigenvalue weighted by molar-refractivity contribution is -0.385. The highest BCUT2D eigenvalue weighted by Gasteiger charge is 2.47. The highest BCUT2D eigenvalue weighted by Crippen LogP contribution is 2.34. The van der Waals surface area contributed by atoms with Crippen molar-refractivity contribution in [2.24, 2.45) is 0 Å². The number of benzene rings is 3. The van der Waals surface area contributed by atoms with Crippen molar-refractivity contribution >= 4 is 33.3 Å². The van der Waals surface area contributed by atoms with Gasteiger partial charge in [-0.05, 0) is 23.6 Å². The number of esters is 1. The highest BCUT2D eigenvalue weighted by molar-refractivity contribution is 7.90. The van der Waals surface area contributed by atoms with Crippen LogP contribution >= 0.6 is 0 Å². The number of carbonyl (C=O) groups excluding carboxylic acids is 3. The average molecular weight is 523 g/mol. The number of nitrogens with zero attached hydrogens (tertiary/aromatic N) is 2. The number of imide groups is 1. The zero-order valence-corrected chi connectivity index (χ0v) is 20.5. The Bertz CT molecular complexity index is 1430. The van der Waals surface area contributed by atoms with Gasteiger partial charge in [0.2, 0.25) is 0 Å². The molecule has 3 aromatic carbocycles. The van der Waals surface area contributed by atoms with Crippen LogP contribution in [0.15, 0.2) is 78.9 Å². The zero-order chi connectivity index (χ0) is 26.7. The summed E-state index contributed by atoms with van der Waals surface area (Å²) >= 11 is 0. The summed E-state index contributed by atoms with van der Waals surface area (Å²) in [6.45, 7) is 0. The van der Waals surface area contributed by atoms with Gasteiger partial charge in [0.25, 0.3) is 17.5 Å². The molecule has 3 aromatic rings. The fourth-order valence-corrected chi connectivity index (χ4v) is 4.83. The normalized spacial score (nSPS) is 13.9. The Morgan fingerprint density at radius 1 is 0.919 bits per heavy atom. The summed E-state index contributed by atoms with van der Waals surface area (Å²) < 4.78 is 29.7. The van der Waals surface area contributed by atoms with E-state index in [1.54, 1.807) is 60.7 Å². The van der Waals surface area contributed by atoms with Crippen LogP contribution in [-0.2, 0) is 19.4 Å². The van der Waals surface area contributed by atoms with Crippen molar-refractivity contribution in [2.45, 2.75) is 18.6 Å². The maximum atomic E-state index is 13.6. The summed E-state index contributed by atoms with van der Waals surface area (Å²) in [7, 11) is -3.60. The predicted molar refractivity (Wildman–Crippen MR) is 133 cm³/mol. The molecule has 10 nitrogen and oxygen atoms in total. The third kappa shape index (κ3) is 5.41. The van der Waals surface area contributed by atoms with Gasteiger partial charge in [-0.1, -0.05) is 66.7 Å². The molecule has 1 heterocycles. The van der Waals surface area contributed by atoms with E-state index >= 15 is 0 Å². The van der Waals surface area contributed by atoms with Gasteiger partial charge in [0, 0.05) is 12.3 Å². The van der Waals surface area contributed by atoms with Crippen LogP contribution in [-0.4, -0.2) is 54.1 Å². The molecule has 0 bridgehead atoms. The number of sulfone groups is 1. The summed E-state index contributed by atoms with van der Waals surface area (Å²) in [5.41, 5.74) is -0.0415. The van der Waals surface area contributed by atoms with E-state index < -0.39 is 68.1 Å². The molecule has 0 aliphatic carbocycles. The van der Waals surface area contributed by atoms with Crippen LogP contribution in [0.2, 0.25) is 0 Å². The van der Waals surface area contributed by atoms with E-state index in [9.17, 15) is 32.9 Å². The fraction of sp³-hybridized carbons (Fsp3) is 0.192. The molecule has 1 atom stereocenters. The molecular weight excluding hydrogens is 500 g/mol. The minimum Gasteiger partial charge on any atom is -0.451 e. The highest BCUT2D eigenvalue weighted by atomic mass is 32.2. The molecule has 2 amide bonds. The van der Waals surface area contributed by atoms with Gasteiger partial charge >= 0.3 is 5.97 Å². The number of nitro benzene ring substituents is 1. The van der Waals surface area contributed by atoms with Crippen molar-refractivity contribution in [1.29, 1.82) is 0 Å². The molecular formula is C26H22N2O8S. The summed E-state index contributed by atoms with van der Waals surface area (Å²) in [5, 5.41) is 11.5. The first-order valence-corrected chi connectivity index (χ1v) is 13.3. The first kappa shape index (κ1) is 25.7. The summed E-state index contributed by atoms with van der Waals surface area (Å²) in [4.78, 5) is 51.3. The van der Waals surface area contributed by atoms with Crippen LogP contribution in [0.3, 0.4) is 0 Å². The van der Waals surface area contributed by atoms with Crippen molar-refractivity contribution < 1.29 is 32.5 Å². The van der Waals surface area contributed by atoms with Crippen molar-refractivity contribution in [1.82, 2.24) is 4.90 Å². The van der Waals surface area contributed by atoms with Gasteiger partial charge in [-0.15, -0.1) is 0 Å². The number of hydrogen-bond acceptors (Lipinski definition) is 8. The molecule has 0 radical (unpaired) electrons. The molecule has 0 unspecified atom stereocenters. The SMILES string of the molecule is CS(=O)(=O)CC[C@@H](C(=O)OC(c1ccccc1)c1ccccc1)N1C(=O)c2cccc([N+](=O)[O-])c2C1=O. The molecule has 0 saturated heterocycles. The molecule has 11 heteroatoms. The molecule has 0 spiro atoms. The molecule has 0 fully saturated rings. The van der Waals surface area contributed by atoms with Crippen LogP contribution in [0.25, 0.3) is 0 Å². The second kappa shape index (κ2) is 10.3. The molecule has 0 N–H and O–H groups in total. The monoisotopic (exact) mass is 522 g/mol. The summed E-state index contributed by atoms with van der Waals surface area (Å²) in [6, 6.07) is 19.5. The van der Waals surface area contributed by atoms with E-state index in [0.717, 1.165) is 12.3 Å². The Balaban J connectivity index is 1.74. The number of hydrogen-bond donors (Lipinski definition) is 0. The van der Waals surface area contributed by atoms with Crippen molar-refractivity contribution in [3.8, 4) is 0 Å². The second-order valence-corrected chi connectivity index (χ2v) is 10.8. The van der Waals surface area contributed by atoms with Gasteiger partial charge in [-0.3, -0.25) is 24.6 Å². The quantitative estimate of drug-likeness (QED) is 0.180. The number of ether oxygens (including phenoxy) is 1. The molecule has 0 saturated carbocycles. The summed E-state index contributed by atoms with van der Waals surface area (Å²) in [5.74, 6) is -3.53. The molecule has 1 aliphatic heterocycles. The van der Waals surface area contributed by atoms with Gasteiger partial charge < -0.3 is 4.74 Å². The number of carbonyl (C=O) groups is 3. The summed E-state index contributed by atoms with van der Waals surface area (Å²) in [6.07, 6.45) is -0.396. The minimum absolute atomic E-state index is 0.237. The molecule has 37 heavy (non-hydrogen) atoms. The maximum Gasteiger partial charge on any atom is 0.330 e. The second-order valence-electron chi connectivity index (χ2n) is 8.51. The van der Waals surface area contributed by atoms with Crippen molar-refractivity contribution in [2.75, 3.05) is 12.0 Å². The Morgan fingerprint density at radius 3 is 2.00 bits per heavy atom. The average Bonchev–Trinajstić information content (AvgIpc) is 3.13. The first-order valence-electron chi connectivity index (χ1n) is 11.2. The van der Waals surface area contributed by atoms with Gasteiger partial charge in [0.1, 0.15) is 21.4 Å². The van der Waals surface area contributed by atoms with E-state index in [2.05, 4.69) is 0 Å². The van der Waals surface area contributed by atoms with Gasteiger partial charge in [-0.25, -0.2) is 13.2 Å². The van der Waals surface area contributed by atoms with E-state index in [0.29, 0.717) is 16.0 Å². The fourth-order valence-electron chi connectivity index (χ4n) is 4.18. The van der Waals surface area contributed by atoms with Gasteiger partial charge in [-0.2, -0.15) is 0 Å². The number of rotatable bonds is 9. The van der Waals surface area contributed by atoms with Crippen LogP contribution in [0, 0.1) is 10.1 Å². The van der Waals surface area contributed by atoms with Crippen molar-refractivity contribution in [3.05, 3.63) is 111 Å². The zero-order valence-electron chi connectivity index (χ0n) is 19.6. The Kier molecular flexibility index (Phi) is 7.16. The topological polar surface area (TPSA) is 141 Å². The largest absolute Gasteiger partial charge is 0.451 e. The smallest absolute Gasteiger partial charge is 0.330 e. The van der Waals surface area contributed by atoms with E-state index in [1.165, 1.54) is 12.1 Å². The first-order chi connectivity index (χ1) is 17.6. The molecule has 1 aliphatic rings. The molecule has 0 aromatic heterocycles.